The van der Waals surface area contributed by atoms with Crippen molar-refractivity contribution in [3.63, 3.8) is 0 Å². The standard InChI is InChI=1S/C21H35N5.C6H12O7/c1-5-6-7-8-9-10-15-22-19-24-20(26-21(3,4)25-19)23-16-18-13-11-17(2)12-14-18;7-1-2(8)3(9)4(10)5(11)6(12)13/h11-14H,5-10,15-16H2,1-4H3,(H3,22,23,24,25,26);2-5,7-11H,1H2,(H,12,13). The highest BCUT2D eigenvalue weighted by Gasteiger charge is 2.33. The molecule has 222 valence electrons. The van der Waals surface area contributed by atoms with Gasteiger partial charge in [0.2, 0.25) is 11.9 Å². The van der Waals surface area contributed by atoms with Gasteiger partial charge in [-0.1, -0.05) is 68.9 Å². The lowest BCUT2D eigenvalue weighted by Crippen LogP contribution is -2.52. The topological polar surface area (TPSA) is 199 Å². The van der Waals surface area contributed by atoms with Gasteiger partial charge in [0, 0.05) is 13.1 Å². The summed E-state index contributed by atoms with van der Waals surface area (Å²) in [6.07, 6.45) is -0.0928. The van der Waals surface area contributed by atoms with E-state index in [4.69, 9.17) is 30.6 Å². The summed E-state index contributed by atoms with van der Waals surface area (Å²) in [4.78, 5) is 19.3. The fourth-order valence-electron chi connectivity index (χ4n) is 3.57. The molecule has 9 N–H and O–H groups in total. The molecule has 0 radical (unpaired) electrons. The van der Waals surface area contributed by atoms with Crippen molar-refractivity contribution >= 4 is 17.9 Å². The number of hydrogen-bond acceptors (Lipinski definition) is 11. The number of aryl methyl sites for hydroxylation is 1. The van der Waals surface area contributed by atoms with Crippen molar-refractivity contribution in [2.75, 3.05) is 13.2 Å². The minimum Gasteiger partial charge on any atom is -0.479 e. The van der Waals surface area contributed by atoms with E-state index in [2.05, 4.69) is 77.9 Å². The summed E-state index contributed by atoms with van der Waals surface area (Å²) in [5.41, 5.74) is 2.15. The van der Waals surface area contributed by atoms with Crippen LogP contribution < -0.4 is 16.0 Å². The molecule has 0 aromatic heterocycles. The zero-order valence-corrected chi connectivity index (χ0v) is 23.5. The maximum absolute atomic E-state index is 10.1. The molecule has 39 heavy (non-hydrogen) atoms. The number of aliphatic carboxylic acids is 1. The van der Waals surface area contributed by atoms with Crippen LogP contribution in [-0.2, 0) is 11.3 Å². The second-order valence-corrected chi connectivity index (χ2v) is 10.1. The van der Waals surface area contributed by atoms with Gasteiger partial charge in [0.1, 0.15) is 24.0 Å². The van der Waals surface area contributed by atoms with Crippen molar-refractivity contribution < 1.29 is 35.4 Å². The van der Waals surface area contributed by atoms with E-state index < -0.39 is 37.0 Å². The first-order valence-electron chi connectivity index (χ1n) is 13.5. The fraction of sp³-hybridized carbons (Fsp3) is 0.667. The average Bonchev–Trinajstić information content (AvgIpc) is 2.90. The smallest absolute Gasteiger partial charge is 0.335 e. The average molecular weight is 554 g/mol. The number of nitrogens with one attached hydrogen (secondary N) is 3. The molecule has 1 heterocycles. The molecule has 0 saturated carbocycles. The third kappa shape index (κ3) is 13.7. The van der Waals surface area contributed by atoms with Gasteiger partial charge in [0.05, 0.1) is 6.61 Å². The molecule has 1 aliphatic heterocycles. The molecular formula is C27H47N5O7. The second-order valence-electron chi connectivity index (χ2n) is 10.1. The molecule has 0 spiro atoms. The molecule has 0 fully saturated rings. The van der Waals surface area contributed by atoms with Crippen LogP contribution >= 0.6 is 0 Å². The Hall–Kier alpha value is -2.77. The Morgan fingerprint density at radius 3 is 2.18 bits per heavy atom. The minimum absolute atomic E-state index is 0.360. The van der Waals surface area contributed by atoms with Crippen LogP contribution in [0.2, 0.25) is 0 Å². The highest BCUT2D eigenvalue weighted by molar-refractivity contribution is 5.97. The molecule has 1 aliphatic rings. The maximum Gasteiger partial charge on any atom is 0.335 e. The van der Waals surface area contributed by atoms with Crippen LogP contribution in [0.25, 0.3) is 0 Å². The summed E-state index contributed by atoms with van der Waals surface area (Å²) in [6.45, 7) is 9.29. The summed E-state index contributed by atoms with van der Waals surface area (Å²) in [5, 5.41) is 61.9. The van der Waals surface area contributed by atoms with Crippen LogP contribution in [0.4, 0.5) is 0 Å². The predicted octanol–water partition coefficient (Wildman–Crippen LogP) is 0.593. The van der Waals surface area contributed by atoms with Crippen molar-refractivity contribution in [2.45, 2.75) is 103 Å². The van der Waals surface area contributed by atoms with Gasteiger partial charge in [0.15, 0.2) is 6.10 Å². The van der Waals surface area contributed by atoms with Crippen LogP contribution in [0.1, 0.15) is 70.4 Å². The molecule has 2 rings (SSSR count). The molecule has 0 aliphatic carbocycles. The first kappa shape index (κ1) is 34.3. The largest absolute Gasteiger partial charge is 0.479 e. The summed E-state index contributed by atoms with van der Waals surface area (Å²) < 4.78 is 0. The van der Waals surface area contributed by atoms with Gasteiger partial charge in [-0.25, -0.2) is 9.79 Å². The summed E-state index contributed by atoms with van der Waals surface area (Å²) in [5.74, 6) is -0.235. The number of rotatable bonds is 14. The normalized spacial score (nSPS) is 17.3. The number of nitrogens with zero attached hydrogens (tertiary/aromatic N) is 2. The zero-order chi connectivity index (χ0) is 29.4. The number of aliphatic imine (C=N–C) groups is 2. The van der Waals surface area contributed by atoms with Gasteiger partial charge in [-0.05, 0) is 32.8 Å². The van der Waals surface area contributed by atoms with Crippen molar-refractivity contribution in [1.29, 1.82) is 0 Å². The van der Waals surface area contributed by atoms with E-state index in [9.17, 15) is 4.79 Å². The highest BCUT2D eigenvalue weighted by Crippen LogP contribution is 2.10. The Labute approximate surface area is 230 Å². The summed E-state index contributed by atoms with van der Waals surface area (Å²) >= 11 is 0. The Bertz CT molecular complexity index is 908. The van der Waals surface area contributed by atoms with E-state index in [0.29, 0.717) is 5.96 Å². The number of unbranched alkanes of at least 4 members (excludes halogenated alkanes) is 5. The highest BCUT2D eigenvalue weighted by atomic mass is 16.4. The van der Waals surface area contributed by atoms with E-state index in [-0.39, 0.29) is 5.66 Å². The van der Waals surface area contributed by atoms with Gasteiger partial charge in [-0.3, -0.25) is 0 Å². The molecule has 12 nitrogen and oxygen atoms in total. The third-order valence-electron chi connectivity index (χ3n) is 5.93. The molecule has 4 unspecified atom stereocenters. The lowest BCUT2D eigenvalue weighted by molar-refractivity contribution is -0.164. The molecule has 4 atom stereocenters. The predicted molar refractivity (Wildman–Crippen MR) is 150 cm³/mol. The van der Waals surface area contributed by atoms with Gasteiger partial charge < -0.3 is 46.6 Å². The molecular weight excluding hydrogens is 506 g/mol. The Morgan fingerprint density at radius 1 is 0.974 bits per heavy atom. The molecule has 1 aromatic rings. The maximum atomic E-state index is 10.1. The first-order valence-corrected chi connectivity index (χ1v) is 13.5. The number of carboxylic acid groups (broad SMARTS) is 1. The number of carbonyl (C=O) groups is 1. The van der Waals surface area contributed by atoms with Gasteiger partial charge in [-0.2, -0.15) is 4.99 Å². The van der Waals surface area contributed by atoms with E-state index >= 15 is 0 Å². The van der Waals surface area contributed by atoms with Gasteiger partial charge >= 0.3 is 5.97 Å². The monoisotopic (exact) mass is 553 g/mol. The Morgan fingerprint density at radius 2 is 1.59 bits per heavy atom. The van der Waals surface area contributed by atoms with Crippen molar-refractivity contribution in [3.05, 3.63) is 35.4 Å². The first-order chi connectivity index (χ1) is 18.4. The SMILES string of the molecule is CCCCCCCCNC1=NC(C)(C)NC(NCc2ccc(C)cc2)=N1.O=C(O)C(O)C(O)C(O)C(O)CO. The van der Waals surface area contributed by atoms with Crippen LogP contribution in [0, 0.1) is 6.92 Å². The number of guanidine groups is 2. The van der Waals surface area contributed by atoms with Crippen LogP contribution in [0.5, 0.6) is 0 Å². The van der Waals surface area contributed by atoms with E-state index in [1.54, 1.807) is 0 Å². The van der Waals surface area contributed by atoms with E-state index in [1.165, 1.54) is 43.2 Å². The molecule has 1 aromatic carbocycles. The van der Waals surface area contributed by atoms with E-state index in [1.807, 2.05) is 0 Å². The third-order valence-corrected chi connectivity index (χ3v) is 5.93. The van der Waals surface area contributed by atoms with Crippen molar-refractivity contribution in [2.24, 2.45) is 9.98 Å². The number of hydrogen-bond donors (Lipinski definition) is 9. The Kier molecular flexibility index (Phi) is 15.6. The van der Waals surface area contributed by atoms with Crippen molar-refractivity contribution in [1.82, 2.24) is 16.0 Å². The van der Waals surface area contributed by atoms with Crippen LogP contribution in [-0.4, -0.2) is 91.8 Å². The van der Waals surface area contributed by atoms with Gasteiger partial charge in [0.25, 0.3) is 0 Å². The van der Waals surface area contributed by atoms with Crippen molar-refractivity contribution in [3.8, 4) is 0 Å². The molecule has 0 saturated heterocycles. The number of aliphatic hydroxyl groups excluding tert-OH is 5. The lowest BCUT2D eigenvalue weighted by Gasteiger charge is -2.29. The number of aliphatic hydroxyl groups is 5. The van der Waals surface area contributed by atoms with Gasteiger partial charge in [-0.15, -0.1) is 0 Å². The van der Waals surface area contributed by atoms with Crippen LogP contribution in [0.15, 0.2) is 34.3 Å². The van der Waals surface area contributed by atoms with E-state index in [0.717, 1.165) is 25.5 Å². The number of carboxylic acids is 1. The lowest BCUT2D eigenvalue weighted by atomic mass is 10.0. The second kappa shape index (κ2) is 17.7. The molecule has 0 amide bonds. The minimum atomic E-state index is -2.20. The quantitative estimate of drug-likeness (QED) is 0.147. The Balaban J connectivity index is 0.000000495. The molecule has 12 heteroatoms. The fourth-order valence-corrected chi connectivity index (χ4v) is 3.57. The zero-order valence-electron chi connectivity index (χ0n) is 23.5. The number of benzene rings is 1. The molecule has 0 bridgehead atoms. The van der Waals surface area contributed by atoms with Crippen LogP contribution in [0.3, 0.4) is 0 Å². The summed E-state index contributed by atoms with van der Waals surface area (Å²) in [7, 11) is 0. The summed E-state index contributed by atoms with van der Waals surface area (Å²) in [6, 6.07) is 8.54.